The zero-order valence-electron chi connectivity index (χ0n) is 11.1. The Kier molecular flexibility index (Phi) is 3.90. The summed E-state index contributed by atoms with van der Waals surface area (Å²) in [6.07, 6.45) is 1.22. The maximum Gasteiger partial charge on any atom is 0.162 e. The number of nitrogens with two attached hydrogens (primary N) is 1. The van der Waals surface area contributed by atoms with E-state index in [1.807, 2.05) is 19.9 Å². The average Bonchev–Trinajstić information content (AvgIpc) is 2.89. The van der Waals surface area contributed by atoms with Crippen LogP contribution in [0.4, 0.5) is 4.39 Å². The molecule has 0 amide bonds. The molecular weight excluding hydrogens is 245 g/mol. The van der Waals surface area contributed by atoms with Crippen LogP contribution in [0.2, 0.25) is 0 Å². The van der Waals surface area contributed by atoms with Crippen LogP contribution in [0.15, 0.2) is 47.1 Å². The lowest BCUT2D eigenvalue weighted by atomic mass is 9.85. The summed E-state index contributed by atoms with van der Waals surface area (Å²) < 4.78 is 24.5. The fraction of sp³-hybridized carbons (Fsp3) is 0.333. The van der Waals surface area contributed by atoms with Gasteiger partial charge in [-0.3, -0.25) is 0 Å². The highest BCUT2D eigenvalue weighted by molar-refractivity contribution is 5.24. The first-order valence-corrected chi connectivity index (χ1v) is 6.18. The molecule has 0 spiro atoms. The van der Waals surface area contributed by atoms with E-state index in [1.54, 1.807) is 24.5 Å². The van der Waals surface area contributed by atoms with Crippen LogP contribution < -0.4 is 10.5 Å². The molecule has 0 saturated carbocycles. The highest BCUT2D eigenvalue weighted by Crippen LogP contribution is 2.37. The second kappa shape index (κ2) is 5.45. The number of halogens is 1. The Bertz CT molecular complexity index is 523. The molecule has 0 fully saturated rings. The molecule has 1 unspecified atom stereocenters. The van der Waals surface area contributed by atoms with Crippen molar-refractivity contribution in [2.45, 2.75) is 20.0 Å². The summed E-state index contributed by atoms with van der Waals surface area (Å²) >= 11 is 0. The van der Waals surface area contributed by atoms with Crippen molar-refractivity contribution in [3.63, 3.8) is 0 Å². The molecule has 1 aromatic carbocycles. The van der Waals surface area contributed by atoms with E-state index >= 15 is 0 Å². The van der Waals surface area contributed by atoms with Crippen LogP contribution in [0.5, 0.6) is 5.75 Å². The van der Waals surface area contributed by atoms with Gasteiger partial charge >= 0.3 is 0 Å². The summed E-state index contributed by atoms with van der Waals surface area (Å²) in [4.78, 5) is 0. The molecule has 19 heavy (non-hydrogen) atoms. The third kappa shape index (κ3) is 3.15. The molecule has 1 aromatic heterocycles. The molecule has 0 aliphatic rings. The predicted molar refractivity (Wildman–Crippen MR) is 71.3 cm³/mol. The Balaban J connectivity index is 2.29. The van der Waals surface area contributed by atoms with E-state index in [0.29, 0.717) is 18.1 Å². The van der Waals surface area contributed by atoms with Gasteiger partial charge in [-0.2, -0.15) is 0 Å². The lowest BCUT2D eigenvalue weighted by Crippen LogP contribution is -2.34. The Morgan fingerprint density at radius 1 is 1.32 bits per heavy atom. The molecule has 3 nitrogen and oxygen atoms in total. The van der Waals surface area contributed by atoms with Gasteiger partial charge in [-0.25, -0.2) is 4.39 Å². The van der Waals surface area contributed by atoms with Crippen molar-refractivity contribution in [3.8, 4) is 5.75 Å². The molecular formula is C15H18FNO2. The number of ether oxygens (including phenoxy) is 1. The molecule has 1 atom stereocenters. The van der Waals surface area contributed by atoms with Crippen molar-refractivity contribution in [3.05, 3.63) is 54.2 Å². The molecule has 1 heterocycles. The fourth-order valence-electron chi connectivity index (χ4n) is 1.83. The van der Waals surface area contributed by atoms with Gasteiger partial charge in [-0.05, 0) is 24.3 Å². The van der Waals surface area contributed by atoms with Gasteiger partial charge in [0.05, 0.1) is 6.26 Å². The summed E-state index contributed by atoms with van der Waals surface area (Å²) in [5, 5.41) is 0. The second-order valence-electron chi connectivity index (χ2n) is 5.16. The van der Waals surface area contributed by atoms with Crippen LogP contribution in [0.25, 0.3) is 0 Å². The quantitative estimate of drug-likeness (QED) is 0.897. The molecule has 2 aromatic rings. The standard InChI is InChI=1S/C15H18FNO2/c1-15(2,10-17)14(13-7-4-8-18-13)19-12-6-3-5-11(16)9-12/h3-9,14H,10,17H2,1-2H3. The minimum atomic E-state index is -0.366. The fourth-order valence-corrected chi connectivity index (χ4v) is 1.83. The zero-order valence-corrected chi connectivity index (χ0v) is 11.1. The predicted octanol–water partition coefficient (Wildman–Crippen LogP) is 3.52. The van der Waals surface area contributed by atoms with E-state index in [0.717, 1.165) is 0 Å². The van der Waals surface area contributed by atoms with Gasteiger partial charge < -0.3 is 14.9 Å². The maximum atomic E-state index is 13.2. The summed E-state index contributed by atoms with van der Waals surface area (Å²) in [7, 11) is 0. The van der Waals surface area contributed by atoms with Crippen molar-refractivity contribution in [2.24, 2.45) is 11.1 Å². The summed E-state index contributed by atoms with van der Waals surface area (Å²) in [6.45, 7) is 4.40. The Hall–Kier alpha value is -1.81. The van der Waals surface area contributed by atoms with Gasteiger partial charge in [0.1, 0.15) is 17.3 Å². The summed E-state index contributed by atoms with van der Waals surface area (Å²) in [6, 6.07) is 9.68. The third-order valence-corrected chi connectivity index (χ3v) is 3.09. The molecule has 102 valence electrons. The van der Waals surface area contributed by atoms with Gasteiger partial charge in [0.15, 0.2) is 6.10 Å². The van der Waals surface area contributed by atoms with Gasteiger partial charge in [0.25, 0.3) is 0 Å². The van der Waals surface area contributed by atoms with E-state index in [2.05, 4.69) is 0 Å². The number of hydrogen-bond acceptors (Lipinski definition) is 3. The van der Waals surface area contributed by atoms with Crippen molar-refractivity contribution < 1.29 is 13.5 Å². The lowest BCUT2D eigenvalue weighted by molar-refractivity contribution is 0.0595. The average molecular weight is 263 g/mol. The third-order valence-electron chi connectivity index (χ3n) is 3.09. The van der Waals surface area contributed by atoms with Gasteiger partial charge in [0, 0.05) is 18.0 Å². The Labute approximate surface area is 112 Å². The van der Waals surface area contributed by atoms with Crippen LogP contribution in [0.3, 0.4) is 0 Å². The molecule has 2 rings (SSSR count). The van der Waals surface area contributed by atoms with Crippen molar-refractivity contribution in [1.82, 2.24) is 0 Å². The number of hydrogen-bond donors (Lipinski definition) is 1. The van der Waals surface area contributed by atoms with E-state index in [1.165, 1.54) is 12.1 Å². The van der Waals surface area contributed by atoms with Gasteiger partial charge in [-0.1, -0.05) is 19.9 Å². The van der Waals surface area contributed by atoms with Crippen LogP contribution >= 0.6 is 0 Å². The molecule has 0 radical (unpaired) electrons. The maximum absolute atomic E-state index is 13.2. The van der Waals surface area contributed by atoms with E-state index in [4.69, 9.17) is 14.9 Å². The van der Waals surface area contributed by atoms with Crippen molar-refractivity contribution >= 4 is 0 Å². The van der Waals surface area contributed by atoms with Crippen LogP contribution in [-0.4, -0.2) is 6.54 Å². The first-order chi connectivity index (χ1) is 9.03. The SMILES string of the molecule is CC(C)(CN)C(Oc1cccc(F)c1)c1ccco1. The Morgan fingerprint density at radius 2 is 2.11 bits per heavy atom. The second-order valence-corrected chi connectivity index (χ2v) is 5.16. The highest BCUT2D eigenvalue weighted by Gasteiger charge is 2.33. The van der Waals surface area contributed by atoms with Gasteiger partial charge in [0.2, 0.25) is 0 Å². The van der Waals surface area contributed by atoms with Gasteiger partial charge in [-0.15, -0.1) is 0 Å². The molecule has 4 heteroatoms. The normalized spacial score (nSPS) is 13.3. The summed E-state index contributed by atoms with van der Waals surface area (Å²) in [5.74, 6) is 0.809. The number of benzene rings is 1. The monoisotopic (exact) mass is 263 g/mol. The lowest BCUT2D eigenvalue weighted by Gasteiger charge is -2.32. The summed E-state index contributed by atoms with van der Waals surface area (Å²) in [5.41, 5.74) is 5.47. The smallest absolute Gasteiger partial charge is 0.162 e. The number of furan rings is 1. The van der Waals surface area contributed by atoms with Crippen LogP contribution in [0.1, 0.15) is 25.7 Å². The first kappa shape index (κ1) is 13.6. The van der Waals surface area contributed by atoms with Crippen molar-refractivity contribution in [2.75, 3.05) is 6.54 Å². The molecule has 0 aliphatic carbocycles. The molecule has 0 saturated heterocycles. The first-order valence-electron chi connectivity index (χ1n) is 6.18. The van der Waals surface area contributed by atoms with Crippen LogP contribution in [0, 0.1) is 11.2 Å². The largest absolute Gasteiger partial charge is 0.482 e. The molecule has 0 bridgehead atoms. The van der Waals surface area contributed by atoms with Crippen LogP contribution in [-0.2, 0) is 0 Å². The molecule has 2 N–H and O–H groups in total. The Morgan fingerprint density at radius 3 is 2.68 bits per heavy atom. The molecule has 0 aliphatic heterocycles. The van der Waals surface area contributed by atoms with E-state index in [-0.39, 0.29) is 17.3 Å². The zero-order chi connectivity index (χ0) is 13.9. The van der Waals surface area contributed by atoms with E-state index in [9.17, 15) is 4.39 Å². The topological polar surface area (TPSA) is 48.4 Å². The minimum absolute atomic E-state index is 0.329. The number of rotatable bonds is 5. The minimum Gasteiger partial charge on any atom is -0.482 e. The van der Waals surface area contributed by atoms with Crippen molar-refractivity contribution in [1.29, 1.82) is 0 Å². The van der Waals surface area contributed by atoms with E-state index < -0.39 is 0 Å². The highest BCUT2D eigenvalue weighted by atomic mass is 19.1.